The lowest BCUT2D eigenvalue weighted by Crippen LogP contribution is -2.37. The third-order valence-electron chi connectivity index (χ3n) is 3.64. The van der Waals surface area contributed by atoms with E-state index in [1.807, 2.05) is 0 Å². The van der Waals surface area contributed by atoms with E-state index in [0.717, 1.165) is 57.1 Å². The van der Waals surface area contributed by atoms with Gasteiger partial charge in [0.15, 0.2) is 0 Å². The second-order valence-electron chi connectivity index (χ2n) is 5.74. The molecule has 2 fully saturated rings. The van der Waals surface area contributed by atoms with Crippen LogP contribution in [0.5, 0.6) is 0 Å². The quantitative estimate of drug-likeness (QED) is 0.447. The fourth-order valence-corrected chi connectivity index (χ4v) is 2.68. The molecule has 0 atom stereocenters. The van der Waals surface area contributed by atoms with Crippen LogP contribution in [0.15, 0.2) is 21.3 Å². The topological polar surface area (TPSA) is 137 Å². The van der Waals surface area contributed by atoms with Crippen molar-refractivity contribution < 1.29 is 9.47 Å². The Hall–Kier alpha value is -1.31. The van der Waals surface area contributed by atoms with E-state index in [4.69, 9.17) is 32.5 Å². The minimum Gasteiger partial charge on any atom is -0.383 e. The molecule has 2 aliphatic rings. The number of nitrogens with two attached hydrogens (primary N) is 2. The van der Waals surface area contributed by atoms with E-state index in [0.29, 0.717) is 22.1 Å². The maximum absolute atomic E-state index is 5.67. The average molecular weight is 555 g/mol. The largest absolute Gasteiger partial charge is 0.383 e. The standard InChI is InChI=1S/C8H11BrN4O.C4H3BrClN3.C4H9NO/c9-6-5-11-8(12-7(6)10)13-1-3-14-4-2-13;5-2-1-8-4(6)9-3(2)7;1-3-6-4-2-5-1/h5H,1-4H2,(H2,10,11,12);1H,(H2,7,8,9);5H,1-4H2. The molecule has 160 valence electrons. The first-order valence-electron chi connectivity index (χ1n) is 8.80. The van der Waals surface area contributed by atoms with E-state index in [1.54, 1.807) is 6.20 Å². The summed E-state index contributed by atoms with van der Waals surface area (Å²) in [6, 6.07) is 0. The van der Waals surface area contributed by atoms with Gasteiger partial charge in [-0.05, 0) is 43.5 Å². The Kier molecular flexibility index (Phi) is 10.8. The second-order valence-corrected chi connectivity index (χ2v) is 7.78. The zero-order valence-electron chi connectivity index (χ0n) is 15.7. The van der Waals surface area contributed by atoms with Gasteiger partial charge in [0.1, 0.15) is 11.6 Å². The summed E-state index contributed by atoms with van der Waals surface area (Å²) in [5.41, 5.74) is 11.0. The number of morpholine rings is 2. The van der Waals surface area contributed by atoms with Crippen molar-refractivity contribution in [2.75, 3.05) is 69.0 Å². The van der Waals surface area contributed by atoms with Crippen LogP contribution >= 0.6 is 43.5 Å². The highest BCUT2D eigenvalue weighted by Gasteiger charge is 2.14. The summed E-state index contributed by atoms with van der Waals surface area (Å²) in [7, 11) is 0. The van der Waals surface area contributed by atoms with Gasteiger partial charge >= 0.3 is 0 Å². The number of ether oxygens (including phenoxy) is 2. The first-order valence-corrected chi connectivity index (χ1v) is 10.8. The van der Waals surface area contributed by atoms with Crippen molar-refractivity contribution in [3.63, 3.8) is 0 Å². The van der Waals surface area contributed by atoms with Crippen molar-refractivity contribution >= 4 is 61.0 Å². The van der Waals surface area contributed by atoms with Crippen LogP contribution < -0.4 is 21.7 Å². The van der Waals surface area contributed by atoms with Crippen LogP contribution in [0.4, 0.5) is 17.6 Å². The van der Waals surface area contributed by atoms with Crippen molar-refractivity contribution in [3.8, 4) is 0 Å². The van der Waals surface area contributed by atoms with Gasteiger partial charge in [0.2, 0.25) is 11.2 Å². The monoisotopic (exact) mass is 552 g/mol. The van der Waals surface area contributed by atoms with E-state index < -0.39 is 0 Å². The van der Waals surface area contributed by atoms with Gasteiger partial charge in [0.25, 0.3) is 0 Å². The maximum atomic E-state index is 5.67. The minimum atomic E-state index is 0.163. The molecule has 0 amide bonds. The van der Waals surface area contributed by atoms with E-state index >= 15 is 0 Å². The molecule has 4 heterocycles. The summed E-state index contributed by atoms with van der Waals surface area (Å²) in [5, 5.41) is 3.32. The number of hydrogen-bond donors (Lipinski definition) is 3. The van der Waals surface area contributed by atoms with Gasteiger partial charge < -0.3 is 31.2 Å². The first kappa shape index (κ1) is 24.0. The van der Waals surface area contributed by atoms with Crippen molar-refractivity contribution in [1.82, 2.24) is 25.3 Å². The van der Waals surface area contributed by atoms with Crippen molar-refractivity contribution in [1.29, 1.82) is 0 Å². The fraction of sp³-hybridized carbons (Fsp3) is 0.500. The molecule has 0 aliphatic carbocycles. The molecule has 2 aliphatic heterocycles. The van der Waals surface area contributed by atoms with E-state index in [1.165, 1.54) is 6.20 Å². The molecule has 0 saturated carbocycles. The van der Waals surface area contributed by atoms with Gasteiger partial charge in [-0.2, -0.15) is 9.97 Å². The van der Waals surface area contributed by atoms with Crippen LogP contribution in [0.2, 0.25) is 5.28 Å². The highest BCUT2D eigenvalue weighted by molar-refractivity contribution is 9.11. The molecule has 4 rings (SSSR count). The minimum absolute atomic E-state index is 0.163. The lowest BCUT2D eigenvalue weighted by atomic mass is 10.4. The van der Waals surface area contributed by atoms with Crippen molar-refractivity contribution in [3.05, 3.63) is 26.6 Å². The van der Waals surface area contributed by atoms with Crippen LogP contribution in [0.25, 0.3) is 0 Å². The normalized spacial score (nSPS) is 16.2. The van der Waals surface area contributed by atoms with Gasteiger partial charge in [-0.3, -0.25) is 0 Å². The summed E-state index contributed by atoms with van der Waals surface area (Å²) in [4.78, 5) is 17.8. The van der Waals surface area contributed by atoms with E-state index in [-0.39, 0.29) is 5.28 Å². The SMILES string of the molecule is C1COCCN1.Nc1nc(Cl)ncc1Br.Nc1nc(N2CCOCC2)ncc1Br. The third-order valence-corrected chi connectivity index (χ3v) is 5.04. The number of halogens is 3. The van der Waals surface area contributed by atoms with Crippen LogP contribution in [-0.4, -0.2) is 72.5 Å². The average Bonchev–Trinajstić information content (AvgIpc) is 2.76. The van der Waals surface area contributed by atoms with Crippen LogP contribution in [0, 0.1) is 0 Å². The number of hydrogen-bond acceptors (Lipinski definition) is 10. The molecule has 0 bridgehead atoms. The predicted molar refractivity (Wildman–Crippen MR) is 120 cm³/mol. The third kappa shape index (κ3) is 8.93. The number of aromatic nitrogens is 4. The number of rotatable bonds is 1. The van der Waals surface area contributed by atoms with Gasteiger partial charge in [0.05, 0.1) is 35.4 Å². The van der Waals surface area contributed by atoms with Crippen LogP contribution in [0.1, 0.15) is 0 Å². The lowest BCUT2D eigenvalue weighted by Gasteiger charge is -2.26. The summed E-state index contributed by atoms with van der Waals surface area (Å²) in [5.74, 6) is 1.51. The van der Waals surface area contributed by atoms with Gasteiger partial charge in [-0.15, -0.1) is 0 Å². The molecule has 2 aromatic heterocycles. The summed E-state index contributed by atoms with van der Waals surface area (Å²) < 4.78 is 11.6. The Balaban J connectivity index is 0.000000171. The predicted octanol–water partition coefficient (Wildman–Crippen LogP) is 1.74. The Morgan fingerprint density at radius 1 is 0.897 bits per heavy atom. The first-order chi connectivity index (χ1) is 14.0. The summed E-state index contributed by atoms with van der Waals surface area (Å²) in [6.45, 7) is 6.92. The van der Waals surface area contributed by atoms with Crippen LogP contribution in [0.3, 0.4) is 0 Å². The Morgan fingerprint density at radius 2 is 1.45 bits per heavy atom. The Bertz CT molecular complexity index is 752. The molecule has 2 saturated heterocycles. The van der Waals surface area contributed by atoms with E-state index in [9.17, 15) is 0 Å². The number of nitrogens with zero attached hydrogens (tertiary/aromatic N) is 5. The smallest absolute Gasteiger partial charge is 0.227 e. The lowest BCUT2D eigenvalue weighted by molar-refractivity contribution is 0.109. The zero-order chi connectivity index (χ0) is 21.1. The molecule has 10 nitrogen and oxygen atoms in total. The molecular weight excluding hydrogens is 531 g/mol. The molecule has 13 heteroatoms. The fourth-order valence-electron chi connectivity index (χ4n) is 2.16. The molecule has 5 N–H and O–H groups in total. The van der Waals surface area contributed by atoms with Gasteiger partial charge in [-0.1, -0.05) is 0 Å². The number of nitrogens with one attached hydrogen (secondary N) is 1. The van der Waals surface area contributed by atoms with E-state index in [2.05, 4.69) is 62.0 Å². The molecule has 0 unspecified atom stereocenters. The molecular formula is C16H23Br2ClN8O2. The van der Waals surface area contributed by atoms with Crippen molar-refractivity contribution in [2.45, 2.75) is 0 Å². The van der Waals surface area contributed by atoms with Gasteiger partial charge in [-0.25, -0.2) is 9.97 Å². The summed E-state index contributed by atoms with van der Waals surface area (Å²) in [6.07, 6.45) is 3.18. The zero-order valence-corrected chi connectivity index (χ0v) is 19.6. The van der Waals surface area contributed by atoms with Gasteiger partial charge in [0, 0.05) is 38.6 Å². The molecule has 29 heavy (non-hydrogen) atoms. The summed E-state index contributed by atoms with van der Waals surface area (Å²) >= 11 is 11.8. The molecule has 2 aromatic rings. The highest BCUT2D eigenvalue weighted by atomic mass is 79.9. The number of anilines is 3. The highest BCUT2D eigenvalue weighted by Crippen LogP contribution is 2.19. The number of nitrogen functional groups attached to an aromatic ring is 2. The Labute approximate surface area is 191 Å². The van der Waals surface area contributed by atoms with Crippen molar-refractivity contribution in [2.24, 2.45) is 0 Å². The molecule has 0 spiro atoms. The maximum Gasteiger partial charge on any atom is 0.227 e. The molecule has 0 aromatic carbocycles. The molecule has 0 radical (unpaired) electrons. The van der Waals surface area contributed by atoms with Crippen LogP contribution in [-0.2, 0) is 9.47 Å². The second kappa shape index (κ2) is 13.1. The Morgan fingerprint density at radius 3 is 1.90 bits per heavy atom.